The van der Waals surface area contributed by atoms with Gasteiger partial charge in [-0.25, -0.2) is 0 Å². The summed E-state index contributed by atoms with van der Waals surface area (Å²) in [7, 11) is 0. The van der Waals surface area contributed by atoms with Crippen LogP contribution in [-0.4, -0.2) is 24.3 Å². The first-order valence-corrected chi connectivity index (χ1v) is 9.51. The van der Waals surface area contributed by atoms with Crippen LogP contribution in [0.4, 0.5) is 11.4 Å². The Labute approximate surface area is 175 Å². The summed E-state index contributed by atoms with van der Waals surface area (Å²) in [5, 5.41) is 7.98. The summed E-state index contributed by atoms with van der Waals surface area (Å²) in [5.41, 5.74) is 2.22. The van der Waals surface area contributed by atoms with Gasteiger partial charge in [-0.1, -0.05) is 22.0 Å². The van der Waals surface area contributed by atoms with Crippen molar-refractivity contribution in [2.45, 2.75) is 6.92 Å². The quantitative estimate of drug-likeness (QED) is 0.523. The lowest BCUT2D eigenvalue weighted by Gasteiger charge is -2.11. The third-order valence-electron chi connectivity index (χ3n) is 4.03. The van der Waals surface area contributed by atoms with E-state index < -0.39 is 11.8 Å². The molecular formula is C21H18BrN3O4. The molecule has 0 bridgehead atoms. The molecule has 7 nitrogen and oxygen atoms in total. The van der Waals surface area contributed by atoms with Crippen LogP contribution in [-0.2, 0) is 4.79 Å². The molecular weight excluding hydrogens is 438 g/mol. The highest BCUT2D eigenvalue weighted by atomic mass is 79.9. The van der Waals surface area contributed by atoms with Crippen molar-refractivity contribution < 1.29 is 18.8 Å². The van der Waals surface area contributed by atoms with E-state index in [1.807, 2.05) is 6.92 Å². The Balaban J connectivity index is 1.59. The van der Waals surface area contributed by atoms with Crippen LogP contribution in [0.3, 0.4) is 0 Å². The number of carbonyl (C=O) groups is 3. The van der Waals surface area contributed by atoms with Gasteiger partial charge >= 0.3 is 0 Å². The standard InChI is InChI=1S/C21H18BrN3O4/c1-13-4-5-14(11-17(13)25-21(28)18-3-2-10-29-18)20(27)23-12-19(26)24-16-8-6-15(22)7-9-16/h2-11H,12H2,1H3,(H,23,27)(H,24,26)(H,25,28). The van der Waals surface area contributed by atoms with E-state index in [9.17, 15) is 14.4 Å². The second-order valence-electron chi connectivity index (χ2n) is 6.20. The van der Waals surface area contributed by atoms with Gasteiger partial charge in [-0.2, -0.15) is 0 Å². The van der Waals surface area contributed by atoms with Crippen LogP contribution in [0.1, 0.15) is 26.5 Å². The first-order valence-electron chi connectivity index (χ1n) is 8.71. The topological polar surface area (TPSA) is 100 Å². The highest BCUT2D eigenvalue weighted by molar-refractivity contribution is 9.10. The van der Waals surface area contributed by atoms with Gasteiger partial charge in [0.05, 0.1) is 12.8 Å². The van der Waals surface area contributed by atoms with Crippen molar-refractivity contribution in [3.05, 3.63) is 82.2 Å². The first-order chi connectivity index (χ1) is 13.9. The second kappa shape index (κ2) is 9.20. The minimum Gasteiger partial charge on any atom is -0.459 e. The molecule has 0 fully saturated rings. The number of halogens is 1. The minimum absolute atomic E-state index is 0.170. The van der Waals surface area contributed by atoms with Crippen molar-refractivity contribution in [1.29, 1.82) is 0 Å². The maximum Gasteiger partial charge on any atom is 0.291 e. The number of nitrogens with one attached hydrogen (secondary N) is 3. The average molecular weight is 456 g/mol. The van der Waals surface area contributed by atoms with Gasteiger partial charge in [0.1, 0.15) is 0 Å². The zero-order valence-electron chi connectivity index (χ0n) is 15.5. The zero-order chi connectivity index (χ0) is 20.8. The Bertz CT molecular complexity index is 1030. The molecule has 0 saturated carbocycles. The molecule has 0 aliphatic heterocycles. The van der Waals surface area contributed by atoms with Gasteiger partial charge in [0.2, 0.25) is 5.91 Å². The van der Waals surface area contributed by atoms with Crippen LogP contribution in [0.5, 0.6) is 0 Å². The Kier molecular flexibility index (Phi) is 6.46. The lowest BCUT2D eigenvalue weighted by molar-refractivity contribution is -0.115. The second-order valence-corrected chi connectivity index (χ2v) is 7.11. The molecule has 0 aliphatic rings. The van der Waals surface area contributed by atoms with E-state index in [2.05, 4.69) is 31.9 Å². The maximum atomic E-state index is 12.4. The molecule has 3 aromatic rings. The molecule has 8 heteroatoms. The summed E-state index contributed by atoms with van der Waals surface area (Å²) in [4.78, 5) is 36.6. The highest BCUT2D eigenvalue weighted by Crippen LogP contribution is 2.18. The maximum absolute atomic E-state index is 12.4. The number of anilines is 2. The largest absolute Gasteiger partial charge is 0.459 e. The molecule has 1 aromatic heterocycles. The zero-order valence-corrected chi connectivity index (χ0v) is 17.1. The van der Waals surface area contributed by atoms with Gasteiger partial charge < -0.3 is 20.4 Å². The fraction of sp³-hybridized carbons (Fsp3) is 0.0952. The lowest BCUT2D eigenvalue weighted by atomic mass is 10.1. The monoisotopic (exact) mass is 455 g/mol. The number of hydrogen-bond acceptors (Lipinski definition) is 4. The number of rotatable bonds is 6. The molecule has 2 aromatic carbocycles. The van der Waals surface area contributed by atoms with Crippen molar-refractivity contribution in [3.8, 4) is 0 Å². The van der Waals surface area contributed by atoms with Crippen LogP contribution >= 0.6 is 15.9 Å². The molecule has 148 valence electrons. The Morgan fingerprint density at radius 3 is 2.41 bits per heavy atom. The molecule has 0 saturated heterocycles. The third kappa shape index (κ3) is 5.55. The van der Waals surface area contributed by atoms with Gasteiger partial charge in [-0.3, -0.25) is 14.4 Å². The van der Waals surface area contributed by atoms with Crippen LogP contribution in [0.15, 0.2) is 69.8 Å². The van der Waals surface area contributed by atoms with E-state index in [-0.39, 0.29) is 18.2 Å². The Morgan fingerprint density at radius 1 is 0.966 bits per heavy atom. The molecule has 0 radical (unpaired) electrons. The molecule has 0 spiro atoms. The number of benzene rings is 2. The van der Waals surface area contributed by atoms with Gasteiger partial charge in [-0.05, 0) is 61.0 Å². The SMILES string of the molecule is Cc1ccc(C(=O)NCC(=O)Nc2ccc(Br)cc2)cc1NC(=O)c1ccco1. The predicted octanol–water partition coefficient (Wildman–Crippen LogP) is 3.97. The molecule has 0 unspecified atom stereocenters. The Morgan fingerprint density at radius 2 is 1.72 bits per heavy atom. The molecule has 3 amide bonds. The van der Waals surface area contributed by atoms with Crippen LogP contribution in [0, 0.1) is 6.92 Å². The van der Waals surface area contributed by atoms with Gasteiger partial charge in [-0.15, -0.1) is 0 Å². The summed E-state index contributed by atoms with van der Waals surface area (Å²) in [6, 6.07) is 15.2. The molecule has 3 rings (SSSR count). The van der Waals surface area contributed by atoms with E-state index >= 15 is 0 Å². The summed E-state index contributed by atoms with van der Waals surface area (Å²) in [6.07, 6.45) is 1.41. The molecule has 3 N–H and O–H groups in total. The van der Waals surface area contributed by atoms with Crippen molar-refractivity contribution in [2.75, 3.05) is 17.2 Å². The van der Waals surface area contributed by atoms with Crippen molar-refractivity contribution in [2.24, 2.45) is 0 Å². The summed E-state index contributed by atoms with van der Waals surface area (Å²) in [5.74, 6) is -1.02. The van der Waals surface area contributed by atoms with E-state index in [0.717, 1.165) is 10.0 Å². The van der Waals surface area contributed by atoms with E-state index in [4.69, 9.17) is 4.42 Å². The predicted molar refractivity (Wildman–Crippen MR) is 113 cm³/mol. The smallest absolute Gasteiger partial charge is 0.291 e. The number of furan rings is 1. The van der Waals surface area contributed by atoms with E-state index in [1.54, 1.807) is 54.6 Å². The van der Waals surface area contributed by atoms with E-state index in [1.165, 1.54) is 6.26 Å². The molecule has 0 atom stereocenters. The molecule has 1 heterocycles. The normalized spacial score (nSPS) is 10.3. The van der Waals surface area contributed by atoms with Crippen molar-refractivity contribution in [1.82, 2.24) is 5.32 Å². The van der Waals surface area contributed by atoms with Crippen molar-refractivity contribution in [3.63, 3.8) is 0 Å². The lowest BCUT2D eigenvalue weighted by Crippen LogP contribution is -2.32. The minimum atomic E-state index is -0.426. The van der Waals surface area contributed by atoms with Crippen molar-refractivity contribution >= 4 is 45.0 Å². The summed E-state index contributed by atoms with van der Waals surface area (Å²) >= 11 is 3.32. The van der Waals surface area contributed by atoms with Gasteiger partial charge in [0, 0.05) is 21.4 Å². The molecule has 29 heavy (non-hydrogen) atoms. The Hall–Kier alpha value is -3.39. The van der Waals surface area contributed by atoms with Gasteiger partial charge in [0.15, 0.2) is 5.76 Å². The van der Waals surface area contributed by atoms with Crippen LogP contribution in [0.25, 0.3) is 0 Å². The van der Waals surface area contributed by atoms with Crippen LogP contribution < -0.4 is 16.0 Å². The number of aryl methyl sites for hydroxylation is 1. The average Bonchev–Trinajstić information content (AvgIpc) is 3.24. The fourth-order valence-corrected chi connectivity index (χ4v) is 2.75. The summed E-state index contributed by atoms with van der Waals surface area (Å²) in [6.45, 7) is 1.63. The molecule has 0 aliphatic carbocycles. The van der Waals surface area contributed by atoms with Crippen LogP contribution in [0.2, 0.25) is 0 Å². The third-order valence-corrected chi connectivity index (χ3v) is 4.56. The highest BCUT2D eigenvalue weighted by Gasteiger charge is 2.14. The van der Waals surface area contributed by atoms with E-state index in [0.29, 0.717) is 16.9 Å². The fourth-order valence-electron chi connectivity index (χ4n) is 2.49. The first kappa shape index (κ1) is 20.3. The summed E-state index contributed by atoms with van der Waals surface area (Å²) < 4.78 is 5.97. The number of hydrogen-bond donors (Lipinski definition) is 3. The number of carbonyl (C=O) groups excluding carboxylic acids is 3. The number of amides is 3. The van der Waals surface area contributed by atoms with Gasteiger partial charge in [0.25, 0.3) is 11.8 Å².